The molecule has 1 aliphatic carbocycles. The number of hydrogen-bond donors (Lipinski definition) is 2. The molecule has 3 amide bonds. The van der Waals surface area contributed by atoms with Gasteiger partial charge in [0.25, 0.3) is 0 Å². The third-order valence-electron chi connectivity index (χ3n) is 5.53. The van der Waals surface area contributed by atoms with Crippen LogP contribution in [0.4, 0.5) is 4.79 Å². The topological polar surface area (TPSA) is 95.6 Å². The lowest BCUT2D eigenvalue weighted by molar-refractivity contribution is -0.121. The quantitative estimate of drug-likeness (QED) is 0.753. The average molecular weight is 410 g/mol. The fourth-order valence-electron chi connectivity index (χ4n) is 3.51. The van der Waals surface area contributed by atoms with Crippen molar-refractivity contribution in [1.29, 1.82) is 0 Å². The Hall–Kier alpha value is -1.93. The molecule has 0 saturated heterocycles. The van der Waals surface area contributed by atoms with Gasteiger partial charge < -0.3 is 5.32 Å². The molecule has 0 heterocycles. The van der Waals surface area contributed by atoms with E-state index >= 15 is 0 Å². The van der Waals surface area contributed by atoms with E-state index in [4.69, 9.17) is 0 Å². The van der Waals surface area contributed by atoms with E-state index in [0.29, 0.717) is 5.92 Å². The molecule has 2 N–H and O–H groups in total. The van der Waals surface area contributed by atoms with Crippen molar-refractivity contribution in [1.82, 2.24) is 15.5 Å². The second-order valence-corrected chi connectivity index (χ2v) is 9.84. The van der Waals surface area contributed by atoms with E-state index in [1.807, 2.05) is 6.92 Å². The summed E-state index contributed by atoms with van der Waals surface area (Å²) in [5.41, 5.74) is 0.892. The fraction of sp³-hybridized carbons (Fsp3) is 0.600. The van der Waals surface area contributed by atoms with Crippen molar-refractivity contribution in [2.75, 3.05) is 19.8 Å². The molecule has 0 bridgehead atoms. The monoisotopic (exact) mass is 409 g/mol. The van der Waals surface area contributed by atoms with Crippen LogP contribution in [0.1, 0.15) is 51.1 Å². The first-order chi connectivity index (χ1) is 13.1. The summed E-state index contributed by atoms with van der Waals surface area (Å²) in [6, 6.07) is 6.18. The van der Waals surface area contributed by atoms with Crippen molar-refractivity contribution in [3.63, 3.8) is 0 Å². The van der Waals surface area contributed by atoms with Crippen LogP contribution in [0.25, 0.3) is 0 Å². The summed E-state index contributed by atoms with van der Waals surface area (Å²) in [4.78, 5) is 26.4. The Labute approximate surface area is 167 Å². The minimum Gasteiger partial charge on any atom is -0.335 e. The van der Waals surface area contributed by atoms with E-state index < -0.39 is 15.9 Å². The zero-order valence-corrected chi connectivity index (χ0v) is 17.9. The van der Waals surface area contributed by atoms with Gasteiger partial charge in [-0.25, -0.2) is 13.2 Å². The van der Waals surface area contributed by atoms with Gasteiger partial charge in [0, 0.05) is 18.3 Å². The maximum absolute atomic E-state index is 12.2. The lowest BCUT2D eigenvalue weighted by Gasteiger charge is -2.29. The molecule has 28 heavy (non-hydrogen) atoms. The van der Waals surface area contributed by atoms with Gasteiger partial charge in [-0.05, 0) is 50.4 Å². The summed E-state index contributed by atoms with van der Waals surface area (Å²) in [5, 5.41) is 5.31. The van der Waals surface area contributed by atoms with Gasteiger partial charge in [0.15, 0.2) is 9.84 Å². The first-order valence-corrected chi connectivity index (χ1v) is 11.6. The van der Waals surface area contributed by atoms with Gasteiger partial charge in [-0.15, -0.1) is 0 Å². The number of carbonyl (C=O) groups is 2. The molecule has 0 aliphatic heterocycles. The predicted octanol–water partition coefficient (Wildman–Crippen LogP) is 2.49. The highest BCUT2D eigenvalue weighted by Gasteiger charge is 2.24. The molecule has 7 nitrogen and oxygen atoms in total. The largest absolute Gasteiger partial charge is 0.335 e. The number of carbonyl (C=O) groups excluding carboxylic acids is 2. The van der Waals surface area contributed by atoms with Gasteiger partial charge in [-0.3, -0.25) is 15.0 Å². The van der Waals surface area contributed by atoms with Gasteiger partial charge in [-0.2, -0.15) is 0 Å². The average Bonchev–Trinajstić information content (AvgIpc) is 2.62. The van der Waals surface area contributed by atoms with Crippen molar-refractivity contribution in [2.45, 2.75) is 56.5 Å². The zero-order valence-electron chi connectivity index (χ0n) is 17.1. The fourth-order valence-corrected chi connectivity index (χ4v) is 4.14. The number of imide groups is 1. The number of amides is 3. The molecule has 1 aliphatic rings. The van der Waals surface area contributed by atoms with Gasteiger partial charge in [0.1, 0.15) is 0 Å². The highest BCUT2D eigenvalue weighted by atomic mass is 32.2. The normalized spacial score (nSPS) is 21.2. The molecular formula is C20H31N3O4S. The molecule has 0 spiro atoms. The van der Waals surface area contributed by atoms with Crippen molar-refractivity contribution in [3.05, 3.63) is 29.8 Å². The van der Waals surface area contributed by atoms with Gasteiger partial charge >= 0.3 is 6.03 Å². The number of rotatable bonds is 6. The molecule has 2 rings (SSSR count). The minimum atomic E-state index is -3.24. The van der Waals surface area contributed by atoms with Crippen LogP contribution in [0.2, 0.25) is 0 Å². The molecule has 0 aromatic heterocycles. The number of likely N-dealkylation sites (N-methyl/N-ethyl adjacent to an activating group) is 1. The minimum absolute atomic E-state index is 0.0582. The van der Waals surface area contributed by atoms with E-state index in [-0.39, 0.29) is 29.4 Å². The Balaban J connectivity index is 1.86. The van der Waals surface area contributed by atoms with Crippen LogP contribution < -0.4 is 10.6 Å². The third-order valence-corrected chi connectivity index (χ3v) is 6.65. The Morgan fingerprint density at radius 3 is 2.36 bits per heavy atom. The summed E-state index contributed by atoms with van der Waals surface area (Å²) in [5.74, 6) is 0.0512. The maximum Gasteiger partial charge on any atom is 0.321 e. The lowest BCUT2D eigenvalue weighted by atomic mass is 9.86. The highest BCUT2D eigenvalue weighted by Crippen LogP contribution is 2.23. The molecule has 1 aromatic carbocycles. The van der Waals surface area contributed by atoms with Crippen LogP contribution in [0.15, 0.2) is 29.2 Å². The maximum atomic E-state index is 12.2. The number of urea groups is 1. The number of hydrogen-bond acceptors (Lipinski definition) is 5. The summed E-state index contributed by atoms with van der Waals surface area (Å²) < 4.78 is 23.1. The molecule has 156 valence electrons. The van der Waals surface area contributed by atoms with Crippen LogP contribution in [0, 0.1) is 5.92 Å². The first kappa shape index (κ1) is 22.4. The molecule has 0 radical (unpaired) electrons. The van der Waals surface area contributed by atoms with Crippen LogP contribution in [0.3, 0.4) is 0 Å². The lowest BCUT2D eigenvalue weighted by Crippen LogP contribution is -2.49. The van der Waals surface area contributed by atoms with Gasteiger partial charge in [0.05, 0.1) is 11.4 Å². The van der Waals surface area contributed by atoms with E-state index in [2.05, 4.69) is 17.6 Å². The summed E-state index contributed by atoms with van der Waals surface area (Å²) in [6.07, 6.45) is 5.50. The number of sulfone groups is 1. The van der Waals surface area contributed by atoms with Crippen molar-refractivity contribution in [3.8, 4) is 0 Å². The highest BCUT2D eigenvalue weighted by molar-refractivity contribution is 7.90. The van der Waals surface area contributed by atoms with Crippen LogP contribution in [0.5, 0.6) is 0 Å². The molecule has 1 aromatic rings. The second kappa shape index (κ2) is 9.52. The second-order valence-electron chi connectivity index (χ2n) is 7.82. The number of nitrogens with one attached hydrogen (secondary N) is 2. The Morgan fingerprint density at radius 2 is 1.79 bits per heavy atom. The molecule has 3 unspecified atom stereocenters. The molecule has 1 saturated carbocycles. The summed E-state index contributed by atoms with van der Waals surface area (Å²) in [7, 11) is -1.45. The van der Waals surface area contributed by atoms with E-state index in [1.165, 1.54) is 12.7 Å². The zero-order chi connectivity index (χ0) is 20.9. The summed E-state index contributed by atoms with van der Waals surface area (Å²) >= 11 is 0. The SMILES string of the molecule is CC1CCCCC1NC(=O)NC(=O)CN(C)C(C)c1ccc(S(C)(=O)=O)cc1. The Bertz CT molecular complexity index is 792. The number of benzene rings is 1. The predicted molar refractivity (Wildman–Crippen MR) is 109 cm³/mol. The van der Waals surface area contributed by atoms with E-state index in [1.54, 1.807) is 36.2 Å². The van der Waals surface area contributed by atoms with Crippen molar-refractivity contribution in [2.24, 2.45) is 5.92 Å². The van der Waals surface area contributed by atoms with Crippen molar-refractivity contribution >= 4 is 21.8 Å². The molecule has 8 heteroatoms. The van der Waals surface area contributed by atoms with Crippen molar-refractivity contribution < 1.29 is 18.0 Å². The molecular weight excluding hydrogens is 378 g/mol. The first-order valence-electron chi connectivity index (χ1n) is 9.68. The van der Waals surface area contributed by atoms with Crippen LogP contribution in [-0.2, 0) is 14.6 Å². The standard InChI is InChI=1S/C20H31N3O4S/c1-14-7-5-6-8-18(14)21-20(25)22-19(24)13-23(3)15(2)16-9-11-17(12-10-16)28(4,26)27/h9-12,14-15,18H,5-8,13H2,1-4H3,(H2,21,22,24,25). The van der Waals surface area contributed by atoms with Crippen LogP contribution in [-0.4, -0.2) is 51.1 Å². The Morgan fingerprint density at radius 1 is 1.18 bits per heavy atom. The van der Waals surface area contributed by atoms with E-state index in [9.17, 15) is 18.0 Å². The van der Waals surface area contributed by atoms with Gasteiger partial charge in [-0.1, -0.05) is 31.9 Å². The van der Waals surface area contributed by atoms with E-state index in [0.717, 1.165) is 24.8 Å². The third kappa shape index (κ3) is 6.31. The Kier molecular flexibility index (Phi) is 7.60. The smallest absolute Gasteiger partial charge is 0.321 e. The molecule has 1 fully saturated rings. The molecule has 3 atom stereocenters. The number of nitrogens with zero attached hydrogens (tertiary/aromatic N) is 1. The van der Waals surface area contributed by atoms with Gasteiger partial charge in [0.2, 0.25) is 5.91 Å². The summed E-state index contributed by atoms with van der Waals surface area (Å²) in [6.45, 7) is 4.10. The van der Waals surface area contributed by atoms with Crippen LogP contribution >= 0.6 is 0 Å².